The van der Waals surface area contributed by atoms with E-state index in [1.54, 1.807) is 0 Å². The van der Waals surface area contributed by atoms with Crippen LogP contribution in [0.4, 0.5) is 5.69 Å². The summed E-state index contributed by atoms with van der Waals surface area (Å²) < 4.78 is 0. The highest BCUT2D eigenvalue weighted by Gasteiger charge is 2.10. The Morgan fingerprint density at radius 3 is 3.19 bits per heavy atom. The van der Waals surface area contributed by atoms with Gasteiger partial charge in [0.2, 0.25) is 0 Å². The van der Waals surface area contributed by atoms with Crippen LogP contribution < -0.4 is 11.1 Å². The minimum Gasteiger partial charge on any atom is -0.383 e. The van der Waals surface area contributed by atoms with Crippen LogP contribution >= 0.6 is 11.8 Å². The van der Waals surface area contributed by atoms with Gasteiger partial charge in [-0.15, -0.1) is 11.8 Å². The van der Waals surface area contributed by atoms with Crippen LogP contribution in [-0.4, -0.2) is 18.8 Å². The molecule has 0 aromatic heterocycles. The summed E-state index contributed by atoms with van der Waals surface area (Å²) in [7, 11) is 0. The summed E-state index contributed by atoms with van der Waals surface area (Å²) in [6.07, 6.45) is 2.26. The number of hydrogen-bond donors (Lipinski definition) is 2. The van der Waals surface area contributed by atoms with E-state index >= 15 is 0 Å². The molecule has 0 bridgehead atoms. The van der Waals surface area contributed by atoms with Gasteiger partial charge in [-0.2, -0.15) is 0 Å². The van der Waals surface area contributed by atoms with Gasteiger partial charge in [-0.05, 0) is 43.0 Å². The molecule has 1 unspecified atom stereocenters. The van der Waals surface area contributed by atoms with Crippen molar-refractivity contribution in [1.29, 1.82) is 0 Å². The molecule has 1 heterocycles. The first-order chi connectivity index (χ1) is 7.79. The summed E-state index contributed by atoms with van der Waals surface area (Å²) in [5, 5.41) is 3.43. The first-order valence-electron chi connectivity index (χ1n) is 5.99. The van der Waals surface area contributed by atoms with Gasteiger partial charge in [0.15, 0.2) is 0 Å². The molecular formula is C13H20N2S. The third-order valence-electron chi connectivity index (χ3n) is 2.96. The molecule has 0 saturated heterocycles. The van der Waals surface area contributed by atoms with E-state index in [0.29, 0.717) is 5.92 Å². The molecule has 0 saturated carbocycles. The van der Waals surface area contributed by atoms with Crippen molar-refractivity contribution in [1.82, 2.24) is 0 Å². The normalized spacial score (nSPS) is 16.4. The molecule has 0 amide bonds. The molecule has 3 N–H and O–H groups in total. The fourth-order valence-corrected chi connectivity index (χ4v) is 3.05. The maximum absolute atomic E-state index is 5.58. The lowest BCUT2D eigenvalue weighted by Crippen LogP contribution is -2.11. The van der Waals surface area contributed by atoms with Gasteiger partial charge in [0.1, 0.15) is 0 Å². The van der Waals surface area contributed by atoms with E-state index in [2.05, 4.69) is 30.4 Å². The monoisotopic (exact) mass is 236 g/mol. The van der Waals surface area contributed by atoms with Gasteiger partial charge in [0.05, 0.1) is 0 Å². The predicted octanol–water partition coefficient (Wildman–Crippen LogP) is 2.73. The molecule has 0 radical (unpaired) electrons. The Bertz CT molecular complexity index is 352. The summed E-state index contributed by atoms with van der Waals surface area (Å²) in [4.78, 5) is 1.41. The summed E-state index contributed by atoms with van der Waals surface area (Å²) >= 11 is 1.96. The molecule has 0 aliphatic carbocycles. The molecule has 1 atom stereocenters. The van der Waals surface area contributed by atoms with Crippen LogP contribution in [0.1, 0.15) is 18.9 Å². The third-order valence-corrected chi connectivity index (χ3v) is 4.02. The molecule has 1 aliphatic rings. The highest BCUT2D eigenvalue weighted by molar-refractivity contribution is 7.99. The van der Waals surface area contributed by atoms with Crippen LogP contribution in [0.3, 0.4) is 0 Å². The van der Waals surface area contributed by atoms with Gasteiger partial charge in [0, 0.05) is 22.9 Å². The topological polar surface area (TPSA) is 38.0 Å². The van der Waals surface area contributed by atoms with Gasteiger partial charge in [-0.25, -0.2) is 0 Å². The average Bonchev–Trinajstić information content (AvgIpc) is 2.29. The van der Waals surface area contributed by atoms with Crippen LogP contribution in [0.5, 0.6) is 0 Å². The smallest absolute Gasteiger partial charge is 0.0478 e. The fraction of sp³-hybridized carbons (Fsp3) is 0.538. The second-order valence-electron chi connectivity index (χ2n) is 4.49. The van der Waals surface area contributed by atoms with Crippen LogP contribution in [0.15, 0.2) is 23.1 Å². The van der Waals surface area contributed by atoms with Crippen molar-refractivity contribution in [3.63, 3.8) is 0 Å². The van der Waals surface area contributed by atoms with E-state index < -0.39 is 0 Å². The zero-order valence-electron chi connectivity index (χ0n) is 9.83. The van der Waals surface area contributed by atoms with Crippen molar-refractivity contribution in [3.8, 4) is 0 Å². The summed E-state index contributed by atoms with van der Waals surface area (Å²) in [5.74, 6) is 1.86. The van der Waals surface area contributed by atoms with Crippen molar-refractivity contribution in [2.45, 2.75) is 24.7 Å². The van der Waals surface area contributed by atoms with E-state index in [1.807, 2.05) is 11.8 Å². The average molecular weight is 236 g/mol. The quantitative estimate of drug-likeness (QED) is 0.844. The van der Waals surface area contributed by atoms with Crippen molar-refractivity contribution < 1.29 is 0 Å². The molecule has 16 heavy (non-hydrogen) atoms. The van der Waals surface area contributed by atoms with Crippen LogP contribution in [-0.2, 0) is 6.42 Å². The molecule has 0 fully saturated rings. The molecule has 88 valence electrons. The van der Waals surface area contributed by atoms with E-state index in [9.17, 15) is 0 Å². The predicted molar refractivity (Wildman–Crippen MR) is 72.2 cm³/mol. The SMILES string of the molecule is CC(CCN)Cc1ccc2c(c1)SCCN2. The molecule has 2 nitrogen and oxygen atoms in total. The van der Waals surface area contributed by atoms with Crippen molar-refractivity contribution >= 4 is 17.4 Å². The molecule has 1 aliphatic heterocycles. The Kier molecular flexibility index (Phi) is 4.13. The fourth-order valence-electron chi connectivity index (χ4n) is 2.09. The van der Waals surface area contributed by atoms with E-state index in [-0.39, 0.29) is 0 Å². The number of nitrogens with two attached hydrogens (primary N) is 1. The number of thioether (sulfide) groups is 1. The van der Waals surface area contributed by atoms with Crippen LogP contribution in [0.25, 0.3) is 0 Å². The Morgan fingerprint density at radius 1 is 1.50 bits per heavy atom. The molecule has 2 rings (SSSR count). The number of nitrogens with one attached hydrogen (secondary N) is 1. The highest BCUT2D eigenvalue weighted by Crippen LogP contribution is 2.32. The summed E-state index contributed by atoms with van der Waals surface area (Å²) in [6, 6.07) is 6.79. The standard InChI is InChI=1S/C13H20N2S/c1-10(4-5-14)8-11-2-3-12-13(9-11)16-7-6-15-12/h2-3,9-10,15H,4-8,14H2,1H3. The number of hydrogen-bond acceptors (Lipinski definition) is 3. The van der Waals surface area contributed by atoms with E-state index in [0.717, 1.165) is 25.9 Å². The highest BCUT2D eigenvalue weighted by atomic mass is 32.2. The molecule has 3 heteroatoms. The lowest BCUT2D eigenvalue weighted by atomic mass is 9.98. The van der Waals surface area contributed by atoms with Crippen molar-refractivity contribution in [2.24, 2.45) is 11.7 Å². The van der Waals surface area contributed by atoms with Gasteiger partial charge in [-0.3, -0.25) is 0 Å². The van der Waals surface area contributed by atoms with Gasteiger partial charge < -0.3 is 11.1 Å². The van der Waals surface area contributed by atoms with Crippen LogP contribution in [0, 0.1) is 5.92 Å². The molecular weight excluding hydrogens is 216 g/mol. The van der Waals surface area contributed by atoms with Gasteiger partial charge >= 0.3 is 0 Å². The maximum Gasteiger partial charge on any atom is 0.0478 e. The Balaban J connectivity index is 2.05. The van der Waals surface area contributed by atoms with E-state index in [1.165, 1.54) is 21.9 Å². The minimum absolute atomic E-state index is 0.685. The number of anilines is 1. The number of fused-ring (bicyclic) bond motifs is 1. The first-order valence-corrected chi connectivity index (χ1v) is 6.98. The Hall–Kier alpha value is -0.670. The number of rotatable bonds is 4. The van der Waals surface area contributed by atoms with Crippen molar-refractivity contribution in [3.05, 3.63) is 23.8 Å². The zero-order chi connectivity index (χ0) is 11.4. The lowest BCUT2D eigenvalue weighted by Gasteiger charge is -2.19. The van der Waals surface area contributed by atoms with Gasteiger partial charge in [-0.1, -0.05) is 13.0 Å². The Labute approximate surface area is 102 Å². The summed E-state index contributed by atoms with van der Waals surface area (Å²) in [6.45, 7) is 4.15. The van der Waals surface area contributed by atoms with Crippen LogP contribution in [0.2, 0.25) is 0 Å². The molecule has 1 aromatic rings. The second kappa shape index (κ2) is 5.60. The minimum atomic E-state index is 0.685. The number of benzene rings is 1. The molecule has 1 aromatic carbocycles. The molecule has 0 spiro atoms. The maximum atomic E-state index is 5.58. The second-order valence-corrected chi connectivity index (χ2v) is 5.63. The Morgan fingerprint density at radius 2 is 2.38 bits per heavy atom. The zero-order valence-corrected chi connectivity index (χ0v) is 10.6. The van der Waals surface area contributed by atoms with E-state index in [4.69, 9.17) is 5.73 Å². The van der Waals surface area contributed by atoms with Gasteiger partial charge in [0.25, 0.3) is 0 Å². The van der Waals surface area contributed by atoms with Crippen molar-refractivity contribution in [2.75, 3.05) is 24.2 Å². The first kappa shape index (κ1) is 11.8. The summed E-state index contributed by atoms with van der Waals surface area (Å²) in [5.41, 5.74) is 8.32. The lowest BCUT2D eigenvalue weighted by molar-refractivity contribution is 0.538. The largest absolute Gasteiger partial charge is 0.383 e. The third kappa shape index (κ3) is 2.92.